The van der Waals surface area contributed by atoms with E-state index >= 15 is 0 Å². The van der Waals surface area contributed by atoms with Gasteiger partial charge in [-0.05, 0) is 56.2 Å². The molecule has 2 aliphatic rings. The van der Waals surface area contributed by atoms with Crippen LogP contribution in [0.2, 0.25) is 0 Å². The van der Waals surface area contributed by atoms with E-state index in [-0.39, 0.29) is 11.8 Å². The fourth-order valence-corrected chi connectivity index (χ4v) is 5.31. The minimum Gasteiger partial charge on any atom is -0.406 e. The maximum Gasteiger partial charge on any atom is 0.573 e. The molecule has 0 radical (unpaired) electrons. The summed E-state index contributed by atoms with van der Waals surface area (Å²) in [6, 6.07) is 6.85. The van der Waals surface area contributed by atoms with E-state index in [2.05, 4.69) is 30.2 Å². The lowest BCUT2D eigenvalue weighted by Gasteiger charge is -2.27. The van der Waals surface area contributed by atoms with Crippen LogP contribution in [0.3, 0.4) is 0 Å². The average molecular weight is 533 g/mol. The number of aromatic nitrogens is 4. The summed E-state index contributed by atoms with van der Waals surface area (Å²) in [4.78, 5) is 14.3. The van der Waals surface area contributed by atoms with Crippen LogP contribution in [0.15, 0.2) is 30.6 Å². The van der Waals surface area contributed by atoms with Crippen LogP contribution in [-0.4, -0.2) is 51.1 Å². The van der Waals surface area contributed by atoms with Gasteiger partial charge >= 0.3 is 6.36 Å². The van der Waals surface area contributed by atoms with E-state index < -0.39 is 6.36 Å². The number of anilines is 2. The average Bonchev–Trinajstić information content (AvgIpc) is 3.55. The Bertz CT molecular complexity index is 1190. The van der Waals surface area contributed by atoms with Crippen LogP contribution in [0.1, 0.15) is 63.0 Å². The molecule has 5 N–H and O–H groups in total. The number of hydrogen-bond acceptors (Lipinski definition) is 8. The predicted octanol–water partition coefficient (Wildman–Crippen LogP) is 4.72. The molecule has 0 bridgehead atoms. The van der Waals surface area contributed by atoms with Gasteiger partial charge in [-0.25, -0.2) is 4.98 Å². The van der Waals surface area contributed by atoms with Gasteiger partial charge in [0.1, 0.15) is 5.75 Å². The quantitative estimate of drug-likeness (QED) is 0.277. The third-order valence-electron chi connectivity index (χ3n) is 7.32. The monoisotopic (exact) mass is 532 g/mol. The molecule has 2 heterocycles. The molecule has 2 saturated carbocycles. The summed E-state index contributed by atoms with van der Waals surface area (Å²) < 4.78 is 43.1. The molecule has 38 heavy (non-hydrogen) atoms. The van der Waals surface area contributed by atoms with Gasteiger partial charge in [0, 0.05) is 37.8 Å². The molecule has 3 aromatic rings. The molecule has 12 heteroatoms. The number of halogens is 3. The summed E-state index contributed by atoms with van der Waals surface area (Å²) in [5.74, 6) is 1.07. The number of ether oxygens (including phenoxy) is 1. The lowest BCUT2D eigenvalue weighted by atomic mass is 9.92. The SMILES string of the molecule is NC1CCC(Nc2nc(NCCNCc3ccc(OC(F)(F)F)cc3)c3ncn(C4CCCC4)c3n2)CC1. The maximum atomic E-state index is 12.3. The summed E-state index contributed by atoms with van der Waals surface area (Å²) in [6.45, 7) is 1.73. The summed E-state index contributed by atoms with van der Waals surface area (Å²) in [5.41, 5.74) is 8.54. The Labute approximate surface area is 219 Å². The Balaban J connectivity index is 1.21. The lowest BCUT2D eigenvalue weighted by Crippen LogP contribution is -2.33. The molecule has 206 valence electrons. The Kier molecular flexibility index (Phi) is 8.18. The van der Waals surface area contributed by atoms with Crippen molar-refractivity contribution in [2.24, 2.45) is 5.73 Å². The molecule has 2 aromatic heterocycles. The Morgan fingerprint density at radius 1 is 0.974 bits per heavy atom. The van der Waals surface area contributed by atoms with Gasteiger partial charge in [0.05, 0.1) is 6.33 Å². The number of nitrogens with zero attached hydrogens (tertiary/aromatic N) is 4. The van der Waals surface area contributed by atoms with Crippen molar-refractivity contribution in [3.63, 3.8) is 0 Å². The lowest BCUT2D eigenvalue weighted by molar-refractivity contribution is -0.274. The molecule has 2 aliphatic carbocycles. The highest BCUT2D eigenvalue weighted by Gasteiger charge is 2.31. The molecule has 0 unspecified atom stereocenters. The van der Waals surface area contributed by atoms with Gasteiger partial charge in [-0.15, -0.1) is 13.2 Å². The van der Waals surface area contributed by atoms with Crippen molar-refractivity contribution in [1.29, 1.82) is 0 Å². The molecular formula is C26H35F3N8O. The van der Waals surface area contributed by atoms with E-state index in [0.717, 1.165) is 55.3 Å². The zero-order valence-electron chi connectivity index (χ0n) is 21.3. The maximum absolute atomic E-state index is 12.3. The highest BCUT2D eigenvalue weighted by Crippen LogP contribution is 2.33. The van der Waals surface area contributed by atoms with Crippen molar-refractivity contribution < 1.29 is 17.9 Å². The zero-order chi connectivity index (χ0) is 26.5. The van der Waals surface area contributed by atoms with Crippen LogP contribution in [-0.2, 0) is 6.54 Å². The fraction of sp³-hybridized carbons (Fsp3) is 0.577. The van der Waals surface area contributed by atoms with Gasteiger partial charge in [0.15, 0.2) is 17.0 Å². The predicted molar refractivity (Wildman–Crippen MR) is 140 cm³/mol. The van der Waals surface area contributed by atoms with E-state index in [1.165, 1.54) is 25.0 Å². The number of imidazole rings is 1. The molecule has 5 rings (SSSR count). The zero-order valence-corrected chi connectivity index (χ0v) is 21.3. The molecule has 0 aliphatic heterocycles. The molecule has 1 aromatic carbocycles. The Morgan fingerprint density at radius 2 is 1.71 bits per heavy atom. The molecular weight excluding hydrogens is 497 g/mol. The van der Waals surface area contributed by atoms with Crippen LogP contribution in [0.25, 0.3) is 11.2 Å². The minimum atomic E-state index is -4.69. The standard InChI is InChI=1S/C26H35F3N8O/c27-26(28,29)38-21-11-5-17(6-12-21)15-31-13-14-32-23-22-24(37(16-33-22)20-3-1-2-4-20)36-25(35-23)34-19-9-7-18(30)8-10-19/h5-6,11-12,16,18-20,31H,1-4,7-10,13-15,30H2,(H2,32,34,35,36). The van der Waals surface area contributed by atoms with Crippen LogP contribution < -0.4 is 26.4 Å². The minimum absolute atomic E-state index is 0.228. The van der Waals surface area contributed by atoms with E-state index in [1.807, 2.05) is 6.33 Å². The molecule has 0 atom stereocenters. The summed E-state index contributed by atoms with van der Waals surface area (Å²) in [6.07, 6.45) is 5.89. The number of hydrogen-bond donors (Lipinski definition) is 4. The van der Waals surface area contributed by atoms with Gasteiger partial charge in [0.25, 0.3) is 0 Å². The van der Waals surface area contributed by atoms with E-state index in [4.69, 9.17) is 15.7 Å². The number of rotatable bonds is 10. The van der Waals surface area contributed by atoms with Crippen LogP contribution >= 0.6 is 0 Å². The highest BCUT2D eigenvalue weighted by atomic mass is 19.4. The normalized spacial score (nSPS) is 20.6. The second-order valence-corrected chi connectivity index (χ2v) is 10.2. The van der Waals surface area contributed by atoms with Crippen molar-refractivity contribution in [2.75, 3.05) is 23.7 Å². The fourth-order valence-electron chi connectivity index (χ4n) is 5.31. The van der Waals surface area contributed by atoms with Gasteiger partial charge < -0.3 is 31.0 Å². The second kappa shape index (κ2) is 11.7. The van der Waals surface area contributed by atoms with Crippen molar-refractivity contribution >= 4 is 22.9 Å². The number of nitrogens with one attached hydrogen (secondary N) is 3. The molecule has 0 spiro atoms. The smallest absolute Gasteiger partial charge is 0.406 e. The van der Waals surface area contributed by atoms with Crippen LogP contribution in [0.5, 0.6) is 5.75 Å². The first-order valence-corrected chi connectivity index (χ1v) is 13.4. The second-order valence-electron chi connectivity index (χ2n) is 10.2. The van der Waals surface area contributed by atoms with Crippen LogP contribution in [0, 0.1) is 0 Å². The first-order valence-electron chi connectivity index (χ1n) is 13.4. The van der Waals surface area contributed by atoms with Crippen molar-refractivity contribution in [3.05, 3.63) is 36.2 Å². The first kappa shape index (κ1) is 26.5. The topological polar surface area (TPSA) is 115 Å². The Hall–Kier alpha value is -3.12. The van der Waals surface area contributed by atoms with E-state index in [0.29, 0.717) is 43.5 Å². The van der Waals surface area contributed by atoms with Gasteiger partial charge in [0.2, 0.25) is 5.95 Å². The third-order valence-corrected chi connectivity index (χ3v) is 7.32. The number of alkyl halides is 3. The first-order chi connectivity index (χ1) is 18.3. The van der Waals surface area contributed by atoms with Gasteiger partial charge in [-0.1, -0.05) is 25.0 Å². The molecule has 0 saturated heterocycles. The van der Waals surface area contributed by atoms with Crippen LogP contribution in [0.4, 0.5) is 24.9 Å². The van der Waals surface area contributed by atoms with Gasteiger partial charge in [-0.2, -0.15) is 9.97 Å². The highest BCUT2D eigenvalue weighted by molar-refractivity contribution is 5.84. The number of benzene rings is 1. The third kappa shape index (κ3) is 6.84. The molecule has 0 amide bonds. The Morgan fingerprint density at radius 3 is 2.42 bits per heavy atom. The van der Waals surface area contributed by atoms with Gasteiger partial charge in [-0.3, -0.25) is 0 Å². The summed E-state index contributed by atoms with van der Waals surface area (Å²) in [5, 5.41) is 10.2. The molecule has 9 nitrogen and oxygen atoms in total. The van der Waals surface area contributed by atoms with E-state index in [9.17, 15) is 13.2 Å². The van der Waals surface area contributed by atoms with Crippen molar-refractivity contribution in [1.82, 2.24) is 24.8 Å². The number of fused-ring (bicyclic) bond motifs is 1. The van der Waals surface area contributed by atoms with E-state index in [1.54, 1.807) is 12.1 Å². The largest absolute Gasteiger partial charge is 0.573 e. The number of nitrogens with two attached hydrogens (primary N) is 1. The van der Waals surface area contributed by atoms with Crippen molar-refractivity contribution in [3.8, 4) is 5.75 Å². The summed E-state index contributed by atoms with van der Waals surface area (Å²) in [7, 11) is 0. The summed E-state index contributed by atoms with van der Waals surface area (Å²) >= 11 is 0. The van der Waals surface area contributed by atoms with Crippen molar-refractivity contribution in [2.45, 2.75) is 82.4 Å². The molecule has 2 fully saturated rings.